The molecule has 0 unspecified atom stereocenters. The summed E-state index contributed by atoms with van der Waals surface area (Å²) >= 11 is 11.8. The first-order chi connectivity index (χ1) is 12.3. The lowest BCUT2D eigenvalue weighted by molar-refractivity contribution is -0.131. The van der Waals surface area contributed by atoms with Crippen molar-refractivity contribution in [2.24, 2.45) is 0 Å². The second-order valence-electron chi connectivity index (χ2n) is 5.11. The Kier molecular flexibility index (Phi) is 6.72. The number of rotatable bonds is 6. The van der Waals surface area contributed by atoms with E-state index in [-0.39, 0.29) is 5.78 Å². The Bertz CT molecular complexity index is 902. The Labute approximate surface area is 159 Å². The summed E-state index contributed by atoms with van der Waals surface area (Å²) in [6.45, 7) is 0. The molecule has 2 rings (SSSR count). The van der Waals surface area contributed by atoms with Gasteiger partial charge in [-0.3, -0.25) is 9.59 Å². The Morgan fingerprint density at radius 1 is 0.885 bits per heavy atom. The first kappa shape index (κ1) is 19.4. The fourth-order valence-electron chi connectivity index (χ4n) is 1.93. The molecule has 2 aromatic carbocycles. The minimum absolute atomic E-state index is 0.222. The van der Waals surface area contributed by atoms with E-state index in [1.54, 1.807) is 48.5 Å². The molecule has 2 aromatic rings. The number of amides is 1. The zero-order valence-electron chi connectivity index (χ0n) is 13.3. The number of hydrogen-bond acceptors (Lipinski definition) is 3. The molecular formula is C19H13Cl2NO4. The van der Waals surface area contributed by atoms with Crippen molar-refractivity contribution in [2.75, 3.05) is 5.32 Å². The van der Waals surface area contributed by atoms with Gasteiger partial charge in [0.15, 0.2) is 5.78 Å². The third kappa shape index (κ3) is 5.88. The molecule has 26 heavy (non-hydrogen) atoms. The molecule has 0 saturated heterocycles. The van der Waals surface area contributed by atoms with Crippen LogP contribution < -0.4 is 5.32 Å². The average molecular weight is 390 g/mol. The second kappa shape index (κ2) is 8.99. The maximum atomic E-state index is 12.2. The summed E-state index contributed by atoms with van der Waals surface area (Å²) < 4.78 is 0. The maximum absolute atomic E-state index is 12.2. The van der Waals surface area contributed by atoms with Crippen LogP contribution in [0, 0.1) is 0 Å². The number of carboxylic acid groups (broad SMARTS) is 1. The molecule has 7 heteroatoms. The van der Waals surface area contributed by atoms with Gasteiger partial charge in [0.1, 0.15) is 0 Å². The highest BCUT2D eigenvalue weighted by Gasteiger charge is 2.04. The molecule has 1 amide bonds. The fraction of sp³-hybridized carbons (Fsp3) is 0. The summed E-state index contributed by atoms with van der Waals surface area (Å²) in [4.78, 5) is 34.0. The van der Waals surface area contributed by atoms with Crippen LogP contribution >= 0.6 is 23.2 Å². The quantitative estimate of drug-likeness (QED) is 0.563. The lowest BCUT2D eigenvalue weighted by Crippen LogP contribution is -2.08. The lowest BCUT2D eigenvalue weighted by atomic mass is 10.1. The highest BCUT2D eigenvalue weighted by Crippen LogP contribution is 2.23. The van der Waals surface area contributed by atoms with Gasteiger partial charge in [0, 0.05) is 23.4 Å². The third-order valence-electron chi connectivity index (χ3n) is 3.19. The smallest absolute Gasteiger partial charge is 0.328 e. The van der Waals surface area contributed by atoms with Crippen LogP contribution in [0.25, 0.3) is 6.08 Å². The number of benzene rings is 2. The van der Waals surface area contributed by atoms with Gasteiger partial charge < -0.3 is 10.4 Å². The lowest BCUT2D eigenvalue weighted by Gasteiger charge is -2.03. The Hall–Kier alpha value is -2.89. The molecule has 0 spiro atoms. The van der Waals surface area contributed by atoms with Crippen LogP contribution in [0.15, 0.2) is 60.7 Å². The minimum Gasteiger partial charge on any atom is -0.478 e. The number of halogens is 2. The van der Waals surface area contributed by atoms with E-state index in [1.165, 1.54) is 6.08 Å². The Morgan fingerprint density at radius 2 is 1.58 bits per heavy atom. The highest BCUT2D eigenvalue weighted by atomic mass is 35.5. The van der Waals surface area contributed by atoms with E-state index in [0.29, 0.717) is 21.3 Å². The number of hydrogen-bond donors (Lipinski definition) is 2. The highest BCUT2D eigenvalue weighted by molar-refractivity contribution is 6.42. The number of carbonyl (C=O) groups excluding carboxylic acids is 2. The monoisotopic (exact) mass is 389 g/mol. The molecular weight excluding hydrogens is 377 g/mol. The van der Waals surface area contributed by atoms with Gasteiger partial charge >= 0.3 is 5.97 Å². The zero-order chi connectivity index (χ0) is 19.1. The van der Waals surface area contributed by atoms with Crippen LogP contribution in [0.1, 0.15) is 15.9 Å². The van der Waals surface area contributed by atoms with E-state index in [0.717, 1.165) is 17.7 Å². The average Bonchev–Trinajstić information content (AvgIpc) is 2.61. The van der Waals surface area contributed by atoms with E-state index < -0.39 is 11.9 Å². The van der Waals surface area contributed by atoms with Crippen LogP contribution in [0.2, 0.25) is 10.0 Å². The molecule has 132 valence electrons. The second-order valence-corrected chi connectivity index (χ2v) is 5.92. The molecule has 0 aliphatic heterocycles. The predicted octanol–water partition coefficient (Wildman–Crippen LogP) is 4.47. The SMILES string of the molecule is O=C(O)/C=C\C(=O)Nc1ccc(C(=O)/C=C/c2ccc(Cl)c(Cl)c2)cc1. The van der Waals surface area contributed by atoms with Crippen LogP contribution in [-0.2, 0) is 9.59 Å². The zero-order valence-corrected chi connectivity index (χ0v) is 14.8. The van der Waals surface area contributed by atoms with Crippen LogP contribution in [0.4, 0.5) is 5.69 Å². The largest absolute Gasteiger partial charge is 0.478 e. The van der Waals surface area contributed by atoms with Crippen molar-refractivity contribution in [3.63, 3.8) is 0 Å². The van der Waals surface area contributed by atoms with Crippen molar-refractivity contribution in [1.82, 2.24) is 0 Å². The van der Waals surface area contributed by atoms with E-state index in [2.05, 4.69) is 5.32 Å². The van der Waals surface area contributed by atoms with Gasteiger partial charge in [0.25, 0.3) is 0 Å². The minimum atomic E-state index is -1.21. The van der Waals surface area contributed by atoms with Gasteiger partial charge in [-0.05, 0) is 48.0 Å². The van der Waals surface area contributed by atoms with Crippen molar-refractivity contribution < 1.29 is 19.5 Å². The van der Waals surface area contributed by atoms with Gasteiger partial charge in [-0.1, -0.05) is 35.3 Å². The third-order valence-corrected chi connectivity index (χ3v) is 3.92. The number of aliphatic carboxylic acids is 1. The molecule has 0 fully saturated rings. The number of ketones is 1. The standard InChI is InChI=1S/C19H13Cl2NO4/c20-15-7-1-12(11-16(15)21)2-8-17(23)13-3-5-14(6-4-13)22-18(24)9-10-19(25)26/h1-11H,(H,22,24)(H,25,26)/b8-2+,10-9-. The molecule has 0 aliphatic rings. The van der Waals surface area contributed by atoms with Crippen LogP contribution in [-0.4, -0.2) is 22.8 Å². The predicted molar refractivity (Wildman–Crippen MR) is 102 cm³/mol. The van der Waals surface area contributed by atoms with E-state index >= 15 is 0 Å². The fourth-order valence-corrected chi connectivity index (χ4v) is 2.24. The topological polar surface area (TPSA) is 83.5 Å². The number of anilines is 1. The van der Waals surface area contributed by atoms with Gasteiger partial charge in [-0.25, -0.2) is 4.79 Å². The summed E-state index contributed by atoms with van der Waals surface area (Å²) in [5.41, 5.74) is 1.61. The molecule has 0 atom stereocenters. The van der Waals surface area contributed by atoms with Crippen LogP contribution in [0.5, 0.6) is 0 Å². The van der Waals surface area contributed by atoms with Gasteiger partial charge in [0.2, 0.25) is 5.91 Å². The van der Waals surface area contributed by atoms with E-state index in [4.69, 9.17) is 28.3 Å². The van der Waals surface area contributed by atoms with E-state index in [1.807, 2.05) is 0 Å². The van der Waals surface area contributed by atoms with Gasteiger partial charge in [0.05, 0.1) is 10.0 Å². The summed E-state index contributed by atoms with van der Waals surface area (Å²) in [5, 5.41) is 11.8. The Balaban J connectivity index is 2.01. The summed E-state index contributed by atoms with van der Waals surface area (Å²) in [5.74, 6) is -2.01. The molecule has 0 radical (unpaired) electrons. The van der Waals surface area contributed by atoms with Crippen LogP contribution in [0.3, 0.4) is 0 Å². The summed E-state index contributed by atoms with van der Waals surface area (Å²) in [7, 11) is 0. The summed E-state index contributed by atoms with van der Waals surface area (Å²) in [6, 6.07) is 11.2. The number of allylic oxidation sites excluding steroid dienone is 1. The van der Waals surface area contributed by atoms with Gasteiger partial charge in [-0.15, -0.1) is 0 Å². The van der Waals surface area contributed by atoms with Crippen molar-refractivity contribution in [1.29, 1.82) is 0 Å². The van der Waals surface area contributed by atoms with Crippen molar-refractivity contribution in [3.05, 3.63) is 81.9 Å². The van der Waals surface area contributed by atoms with Crippen molar-refractivity contribution in [3.8, 4) is 0 Å². The summed E-state index contributed by atoms with van der Waals surface area (Å²) in [6.07, 6.45) is 4.67. The van der Waals surface area contributed by atoms with Gasteiger partial charge in [-0.2, -0.15) is 0 Å². The molecule has 0 aliphatic carbocycles. The van der Waals surface area contributed by atoms with Crippen molar-refractivity contribution in [2.45, 2.75) is 0 Å². The number of nitrogens with one attached hydrogen (secondary N) is 1. The molecule has 2 N–H and O–H groups in total. The molecule has 0 saturated carbocycles. The van der Waals surface area contributed by atoms with E-state index in [9.17, 15) is 14.4 Å². The number of carbonyl (C=O) groups is 3. The first-order valence-electron chi connectivity index (χ1n) is 7.34. The molecule has 5 nitrogen and oxygen atoms in total. The Morgan fingerprint density at radius 3 is 2.19 bits per heavy atom. The maximum Gasteiger partial charge on any atom is 0.328 e. The molecule has 0 aromatic heterocycles. The first-order valence-corrected chi connectivity index (χ1v) is 8.10. The normalized spacial score (nSPS) is 11.0. The molecule has 0 heterocycles. The molecule has 0 bridgehead atoms. The number of carboxylic acids is 1. The van der Waals surface area contributed by atoms with Crippen molar-refractivity contribution >= 4 is 52.6 Å².